The topological polar surface area (TPSA) is 85.2 Å². The molecular weight excluding hydrogens is 514 g/mol. The van der Waals surface area contributed by atoms with Crippen LogP contribution in [0.15, 0.2) is 60.7 Å². The number of para-hydroxylation sites is 1. The summed E-state index contributed by atoms with van der Waals surface area (Å²) < 4.78 is 14.2. The average Bonchev–Trinajstić information content (AvgIpc) is 2.75. The van der Waals surface area contributed by atoms with Crippen molar-refractivity contribution in [3.05, 3.63) is 79.3 Å². The number of rotatable bonds is 5. The first-order valence-corrected chi connectivity index (χ1v) is 9.58. The molecule has 158 valence electrons. The number of hydrogen-bond donors (Lipinski definition) is 3. The number of hydrogen-bond acceptors (Lipinski definition) is 3. The molecule has 0 aliphatic heterocycles. The van der Waals surface area contributed by atoms with Crippen molar-refractivity contribution in [1.82, 2.24) is 0 Å². The summed E-state index contributed by atoms with van der Waals surface area (Å²) >= 11 is 0. The molecule has 3 rings (SSSR count). The molecule has 0 bridgehead atoms. The molecule has 3 aromatic rings. The fourth-order valence-electron chi connectivity index (χ4n) is 2.78. The quantitative estimate of drug-likeness (QED) is 0.434. The fourth-order valence-corrected chi connectivity index (χ4v) is 2.78. The van der Waals surface area contributed by atoms with Crippen LogP contribution in [0.2, 0.25) is 0 Å². The van der Waals surface area contributed by atoms with E-state index in [0.29, 0.717) is 23.2 Å². The number of carbonyl (C=O) groups excluding carboxylic acids is 1. The van der Waals surface area contributed by atoms with E-state index in [9.17, 15) is 14.3 Å². The van der Waals surface area contributed by atoms with Crippen LogP contribution in [-0.2, 0) is 4.79 Å². The molecule has 3 aromatic carbocycles. The molecule has 5 nitrogen and oxygen atoms in total. The van der Waals surface area contributed by atoms with E-state index >= 15 is 0 Å². The Kier molecular flexibility index (Phi) is 12.5. The summed E-state index contributed by atoms with van der Waals surface area (Å²) in [6.45, 7) is 3.88. The maximum Gasteiger partial charge on any atom is 1.00 e. The van der Waals surface area contributed by atoms with Crippen LogP contribution >= 0.6 is 0 Å². The van der Waals surface area contributed by atoms with E-state index in [1.807, 2.05) is 31.2 Å². The molecule has 0 fully saturated rings. The van der Waals surface area contributed by atoms with Gasteiger partial charge in [0.2, 0.25) is 5.91 Å². The van der Waals surface area contributed by atoms with Gasteiger partial charge in [0.25, 0.3) is 0 Å². The molecule has 0 atom stereocenters. The second-order valence-corrected chi connectivity index (χ2v) is 6.59. The molecule has 0 heterocycles. The summed E-state index contributed by atoms with van der Waals surface area (Å²) in [5.41, 5.74) is 9.84. The summed E-state index contributed by atoms with van der Waals surface area (Å²) in [7, 11) is 3.63. The van der Waals surface area contributed by atoms with Crippen LogP contribution in [0.3, 0.4) is 0 Å². The molecule has 0 saturated heterocycles. The monoisotopic (exact) mass is 540 g/mol. The third kappa shape index (κ3) is 7.94. The summed E-state index contributed by atoms with van der Waals surface area (Å²) in [5, 5.41) is 16.0. The van der Waals surface area contributed by atoms with Crippen LogP contribution in [-0.4, -0.2) is 17.6 Å². The van der Waals surface area contributed by atoms with Crippen molar-refractivity contribution >= 4 is 17.3 Å². The molecule has 0 aliphatic rings. The van der Waals surface area contributed by atoms with E-state index in [4.69, 9.17) is 5.73 Å². The molecule has 0 radical (unpaired) electrons. The van der Waals surface area contributed by atoms with Gasteiger partial charge in [-0.15, -0.1) is 0 Å². The second kappa shape index (κ2) is 13.9. The van der Waals surface area contributed by atoms with Crippen LogP contribution in [0.25, 0.3) is 28.0 Å². The molecule has 0 aliphatic carbocycles. The van der Waals surface area contributed by atoms with Crippen LogP contribution in [0.1, 0.15) is 20.3 Å². The average molecular weight is 540 g/mol. The zero-order valence-electron chi connectivity index (χ0n) is 18.1. The predicted molar refractivity (Wildman–Crippen MR) is 122 cm³/mol. The first-order chi connectivity index (χ1) is 14.4. The Hall–Kier alpha value is -1.33. The SMILES string of the molecule is CCC[NH-].[CH2-]Nc1cccc(-c2cccc(-c3ccc(NC(C)=O)c(F)c3)c2O)c1.[Cs+]. The smallest absolute Gasteiger partial charge is 0.677 e. The molecule has 1 amide bonds. The number of aromatic hydroxyl groups is 1. The van der Waals surface area contributed by atoms with Gasteiger partial charge in [-0.1, -0.05) is 49.7 Å². The minimum Gasteiger partial charge on any atom is -0.677 e. The summed E-state index contributed by atoms with van der Waals surface area (Å²) in [4.78, 5) is 11.1. The van der Waals surface area contributed by atoms with Crippen molar-refractivity contribution in [3.63, 3.8) is 0 Å². The van der Waals surface area contributed by atoms with Crippen LogP contribution in [0, 0.1) is 12.9 Å². The van der Waals surface area contributed by atoms with E-state index in [0.717, 1.165) is 17.7 Å². The molecule has 31 heavy (non-hydrogen) atoms. The largest absolute Gasteiger partial charge is 1.00 e. The van der Waals surface area contributed by atoms with Gasteiger partial charge in [-0.25, -0.2) is 4.39 Å². The maximum absolute atomic E-state index is 14.2. The van der Waals surface area contributed by atoms with Gasteiger partial charge >= 0.3 is 68.9 Å². The van der Waals surface area contributed by atoms with Gasteiger partial charge in [-0.2, -0.15) is 6.54 Å². The Morgan fingerprint density at radius 3 is 2.16 bits per heavy atom. The Morgan fingerprint density at radius 2 is 1.65 bits per heavy atom. The van der Waals surface area contributed by atoms with E-state index < -0.39 is 5.82 Å². The van der Waals surface area contributed by atoms with E-state index in [2.05, 4.69) is 17.7 Å². The molecule has 0 unspecified atom stereocenters. The number of halogens is 1. The van der Waals surface area contributed by atoms with Crippen molar-refractivity contribution < 1.29 is 83.2 Å². The molecule has 4 N–H and O–H groups in total. The molecule has 7 heteroatoms. The summed E-state index contributed by atoms with van der Waals surface area (Å²) in [6.07, 6.45) is 0.986. The summed E-state index contributed by atoms with van der Waals surface area (Å²) in [5.74, 6) is -0.855. The number of phenols is 1. The van der Waals surface area contributed by atoms with Gasteiger partial charge in [0.15, 0.2) is 0 Å². The van der Waals surface area contributed by atoms with Crippen molar-refractivity contribution in [1.29, 1.82) is 0 Å². The fraction of sp³-hybridized carbons (Fsp3) is 0.167. The van der Waals surface area contributed by atoms with E-state index in [1.165, 1.54) is 19.1 Å². The first-order valence-electron chi connectivity index (χ1n) is 9.58. The Balaban J connectivity index is 0.000000885. The number of phenolic OH excluding ortho intramolecular Hbond substituents is 1. The van der Waals surface area contributed by atoms with Crippen LogP contribution in [0.4, 0.5) is 15.8 Å². The number of carbonyl (C=O) groups is 1. The maximum atomic E-state index is 14.2. The molecule has 0 spiro atoms. The number of anilines is 2. The Morgan fingerprint density at radius 1 is 1.06 bits per heavy atom. The standard InChI is InChI=1S/C21H18FN2O2.C3H8N.Cs/c1-13(25)24-20-10-9-15(12-19(20)22)18-8-4-7-17(21(18)26)14-5-3-6-16(11-14)23-2;1-2-3-4;/h3-12,23,26H,2H2,1H3,(H,24,25);4H,2-3H2,1H3;/q2*-1;+1. The van der Waals surface area contributed by atoms with Crippen LogP contribution in [0.5, 0.6) is 5.75 Å². The van der Waals surface area contributed by atoms with Gasteiger partial charge < -0.3 is 21.5 Å². The van der Waals surface area contributed by atoms with Gasteiger partial charge in [0.05, 0.1) is 5.69 Å². The minimum absolute atomic E-state index is 0. The van der Waals surface area contributed by atoms with Gasteiger partial charge in [0.1, 0.15) is 11.6 Å². The first kappa shape index (κ1) is 27.7. The van der Waals surface area contributed by atoms with Crippen molar-refractivity contribution in [2.45, 2.75) is 20.3 Å². The third-order valence-corrected chi connectivity index (χ3v) is 4.25. The van der Waals surface area contributed by atoms with E-state index in [-0.39, 0.29) is 86.2 Å². The predicted octanol–water partition coefficient (Wildman–Crippen LogP) is 3.48. The van der Waals surface area contributed by atoms with Gasteiger partial charge in [-0.3, -0.25) is 11.8 Å². The van der Waals surface area contributed by atoms with Crippen molar-refractivity contribution in [2.75, 3.05) is 17.2 Å². The molecular formula is C24H26CsFN3O2-. The number of benzene rings is 3. The molecule has 0 aromatic heterocycles. The Labute approximate surface area is 242 Å². The minimum atomic E-state index is -0.564. The van der Waals surface area contributed by atoms with Gasteiger partial charge in [-0.05, 0) is 35.4 Å². The normalized spacial score (nSPS) is 9.71. The van der Waals surface area contributed by atoms with Crippen molar-refractivity contribution in [2.24, 2.45) is 0 Å². The zero-order valence-corrected chi connectivity index (χ0v) is 24.4. The summed E-state index contributed by atoms with van der Waals surface area (Å²) in [6, 6.07) is 17.2. The Bertz CT molecular complexity index is 1010. The van der Waals surface area contributed by atoms with Crippen LogP contribution < -0.4 is 79.5 Å². The zero-order chi connectivity index (χ0) is 22.1. The number of nitrogens with one attached hydrogen (secondary N) is 3. The second-order valence-electron chi connectivity index (χ2n) is 6.59. The van der Waals surface area contributed by atoms with E-state index in [1.54, 1.807) is 24.3 Å². The third-order valence-electron chi connectivity index (χ3n) is 4.25. The molecule has 0 saturated carbocycles. The van der Waals surface area contributed by atoms with Gasteiger partial charge in [0, 0.05) is 23.7 Å². The van der Waals surface area contributed by atoms with Crippen molar-refractivity contribution in [3.8, 4) is 28.0 Å². The number of amides is 1.